The number of aliphatic hydroxyl groups excluding tert-OH is 2. The van der Waals surface area contributed by atoms with Crippen LogP contribution in [-0.4, -0.2) is 58.6 Å². The molecule has 5 aliphatic carbocycles. The predicted octanol–water partition coefficient (Wildman–Crippen LogP) is 4.21. The van der Waals surface area contributed by atoms with Gasteiger partial charge in [-0.25, -0.2) is 0 Å². The van der Waals surface area contributed by atoms with Crippen LogP contribution in [0.4, 0.5) is 0 Å². The Bertz CT molecular complexity index is 1240. The molecule has 0 aromatic heterocycles. The number of hydrogen-bond donors (Lipinski definition) is 2. The van der Waals surface area contributed by atoms with Gasteiger partial charge in [0.15, 0.2) is 17.7 Å². The fraction of sp³-hybridized carbons (Fsp3) is 0.765. The van der Waals surface area contributed by atoms with E-state index in [-0.39, 0.29) is 57.9 Å². The molecule has 2 spiro atoms. The average molecular weight is 585 g/mol. The van der Waals surface area contributed by atoms with Crippen LogP contribution in [0, 0.1) is 57.2 Å². The molecular weight excluding hydrogens is 536 g/mol. The van der Waals surface area contributed by atoms with Gasteiger partial charge in [-0.2, -0.15) is 0 Å². The largest absolute Gasteiger partial charge is 0.462 e. The summed E-state index contributed by atoms with van der Waals surface area (Å²) in [6.45, 7) is 16.4. The van der Waals surface area contributed by atoms with Crippen molar-refractivity contribution < 1.29 is 38.9 Å². The highest BCUT2D eigenvalue weighted by molar-refractivity contribution is 5.99. The van der Waals surface area contributed by atoms with E-state index < -0.39 is 53.3 Å². The van der Waals surface area contributed by atoms with Gasteiger partial charge < -0.3 is 19.7 Å². The van der Waals surface area contributed by atoms with E-state index in [0.717, 1.165) is 19.3 Å². The number of carbonyl (C=O) groups is 4. The standard InChI is InChI=1S/C34H48O8/c1-17(15-35)18(2)29(40)30(42-22(6)37)20(4)28-25(41-21(5)36)14-32(8)26-13-24(39)27-19(3)23(38)9-10-34(27)16-33(26,34)12-11-31(28,32)7/h9-10,17,19-20,24-28,30,35,39H,2,11-16H2,1,3-8H3/t17-,19+,20?,24+,25-,26-,27+,28-,30+,31+,32-,33?,34?/m0/s1. The van der Waals surface area contributed by atoms with Gasteiger partial charge in [-0.05, 0) is 65.9 Å². The molecule has 5 rings (SSSR count). The Morgan fingerprint density at radius 1 is 1.12 bits per heavy atom. The lowest BCUT2D eigenvalue weighted by Crippen LogP contribution is -2.58. The van der Waals surface area contributed by atoms with E-state index >= 15 is 0 Å². The number of ether oxygens (including phenoxy) is 2. The minimum absolute atomic E-state index is 0.0362. The van der Waals surface area contributed by atoms with Gasteiger partial charge >= 0.3 is 11.9 Å². The number of fused-ring (bicyclic) bond motifs is 2. The average Bonchev–Trinajstić information content (AvgIpc) is 3.50. The first-order valence-corrected chi connectivity index (χ1v) is 15.6. The Hall–Kier alpha value is -2.32. The molecule has 4 saturated carbocycles. The highest BCUT2D eigenvalue weighted by atomic mass is 16.6. The van der Waals surface area contributed by atoms with E-state index in [1.807, 2.05) is 13.8 Å². The summed E-state index contributed by atoms with van der Waals surface area (Å²) in [5.74, 6) is -2.82. The van der Waals surface area contributed by atoms with Gasteiger partial charge in [-0.3, -0.25) is 19.2 Å². The Kier molecular flexibility index (Phi) is 7.49. The molecule has 0 bridgehead atoms. The van der Waals surface area contributed by atoms with Crippen LogP contribution in [0.15, 0.2) is 24.3 Å². The summed E-state index contributed by atoms with van der Waals surface area (Å²) in [6, 6.07) is 0. The third-order valence-electron chi connectivity index (χ3n) is 13.1. The number of Topliss-reactive ketones (excluding diaryl/α,β-unsaturated/α-hetero) is 1. The molecule has 4 fully saturated rings. The Labute approximate surface area is 249 Å². The second kappa shape index (κ2) is 10.1. The molecule has 0 aromatic carbocycles. The molecule has 0 amide bonds. The Morgan fingerprint density at radius 3 is 2.38 bits per heavy atom. The van der Waals surface area contributed by atoms with Crippen LogP contribution >= 0.6 is 0 Å². The topological polar surface area (TPSA) is 127 Å². The van der Waals surface area contributed by atoms with Gasteiger partial charge in [0.25, 0.3) is 0 Å². The molecule has 0 heterocycles. The fourth-order valence-electron chi connectivity index (χ4n) is 11.0. The number of ketones is 2. The summed E-state index contributed by atoms with van der Waals surface area (Å²) in [4.78, 5) is 51.1. The number of esters is 2. The molecule has 3 unspecified atom stereocenters. The van der Waals surface area contributed by atoms with Gasteiger partial charge in [0.05, 0.1) is 6.10 Å². The Balaban J connectivity index is 1.56. The molecule has 0 saturated heterocycles. The van der Waals surface area contributed by atoms with Gasteiger partial charge in [0, 0.05) is 55.5 Å². The van der Waals surface area contributed by atoms with Crippen molar-refractivity contribution >= 4 is 23.5 Å². The summed E-state index contributed by atoms with van der Waals surface area (Å²) < 4.78 is 11.8. The van der Waals surface area contributed by atoms with E-state index in [4.69, 9.17) is 9.47 Å². The van der Waals surface area contributed by atoms with E-state index in [9.17, 15) is 29.4 Å². The zero-order valence-electron chi connectivity index (χ0n) is 26.1. The minimum Gasteiger partial charge on any atom is -0.462 e. The van der Waals surface area contributed by atoms with Crippen molar-refractivity contribution in [2.75, 3.05) is 6.61 Å². The predicted molar refractivity (Wildman–Crippen MR) is 155 cm³/mol. The monoisotopic (exact) mass is 584 g/mol. The van der Waals surface area contributed by atoms with Gasteiger partial charge in [0.2, 0.25) is 0 Å². The Morgan fingerprint density at radius 2 is 1.79 bits per heavy atom. The maximum atomic E-state index is 13.7. The van der Waals surface area contributed by atoms with Crippen LogP contribution < -0.4 is 0 Å². The van der Waals surface area contributed by atoms with Gasteiger partial charge in [-0.1, -0.05) is 47.3 Å². The maximum Gasteiger partial charge on any atom is 0.303 e. The molecule has 13 atom stereocenters. The summed E-state index contributed by atoms with van der Waals surface area (Å²) in [6.07, 6.45) is 5.40. The normalized spacial score (nSPS) is 45.3. The smallest absolute Gasteiger partial charge is 0.303 e. The molecule has 42 heavy (non-hydrogen) atoms. The SMILES string of the molecule is C=C(C(=O)[C@H](OC(C)=O)C(C)[C@H]1[C@@H](OC(C)=O)C[C@@]2(C)[C@@H]3C[C@@H](O)[C@H]4[C@H](C)C(=O)C=CC45CC35CC[C@]12C)[C@@H](C)CO. The fourth-order valence-corrected chi connectivity index (χ4v) is 11.0. The lowest BCUT2D eigenvalue weighted by Gasteiger charge is -2.61. The third-order valence-corrected chi connectivity index (χ3v) is 13.1. The lowest BCUT2D eigenvalue weighted by molar-refractivity contribution is -0.170. The van der Waals surface area contributed by atoms with Crippen LogP contribution in [-0.2, 0) is 28.7 Å². The summed E-state index contributed by atoms with van der Waals surface area (Å²) >= 11 is 0. The number of rotatable bonds is 8. The van der Waals surface area contributed by atoms with Crippen LogP contribution in [0.3, 0.4) is 0 Å². The highest BCUT2D eigenvalue weighted by Crippen LogP contribution is 2.87. The van der Waals surface area contributed by atoms with Crippen molar-refractivity contribution in [1.82, 2.24) is 0 Å². The molecule has 5 aliphatic rings. The molecular formula is C34H48O8. The van der Waals surface area contributed by atoms with Crippen molar-refractivity contribution in [3.05, 3.63) is 24.3 Å². The van der Waals surface area contributed by atoms with Crippen LogP contribution in [0.5, 0.6) is 0 Å². The third kappa shape index (κ3) is 4.06. The van der Waals surface area contributed by atoms with Crippen molar-refractivity contribution in [1.29, 1.82) is 0 Å². The zero-order valence-corrected chi connectivity index (χ0v) is 26.1. The summed E-state index contributed by atoms with van der Waals surface area (Å²) in [5, 5.41) is 21.3. The zero-order chi connectivity index (χ0) is 31.2. The molecule has 2 N–H and O–H groups in total. The van der Waals surface area contributed by atoms with Crippen LogP contribution in [0.1, 0.15) is 80.6 Å². The second-order valence-corrected chi connectivity index (χ2v) is 14.9. The van der Waals surface area contributed by atoms with E-state index in [2.05, 4.69) is 26.5 Å². The van der Waals surface area contributed by atoms with Crippen molar-refractivity contribution in [2.45, 2.75) is 98.9 Å². The summed E-state index contributed by atoms with van der Waals surface area (Å²) in [7, 11) is 0. The van der Waals surface area contributed by atoms with Gasteiger partial charge in [0.1, 0.15) is 6.10 Å². The van der Waals surface area contributed by atoms with E-state index in [0.29, 0.717) is 12.8 Å². The quantitative estimate of drug-likeness (QED) is 0.321. The van der Waals surface area contributed by atoms with Crippen molar-refractivity contribution in [3.8, 4) is 0 Å². The first-order chi connectivity index (χ1) is 19.5. The molecule has 232 valence electrons. The van der Waals surface area contributed by atoms with Crippen LogP contribution in [0.25, 0.3) is 0 Å². The molecule has 8 heteroatoms. The maximum absolute atomic E-state index is 13.7. The molecule has 0 radical (unpaired) electrons. The number of hydrogen-bond acceptors (Lipinski definition) is 8. The molecule has 8 nitrogen and oxygen atoms in total. The minimum atomic E-state index is -1.14. The first-order valence-electron chi connectivity index (χ1n) is 15.6. The van der Waals surface area contributed by atoms with E-state index in [1.54, 1.807) is 13.0 Å². The highest BCUT2D eigenvalue weighted by Gasteiger charge is 2.83. The van der Waals surface area contributed by atoms with E-state index in [1.165, 1.54) is 13.8 Å². The van der Waals surface area contributed by atoms with Crippen molar-refractivity contribution in [3.63, 3.8) is 0 Å². The number of aliphatic hydroxyl groups is 2. The molecule has 0 aliphatic heterocycles. The first kappa shape index (κ1) is 31.1. The van der Waals surface area contributed by atoms with Gasteiger partial charge in [-0.15, -0.1) is 0 Å². The number of carbonyl (C=O) groups excluding carboxylic acids is 4. The van der Waals surface area contributed by atoms with Crippen molar-refractivity contribution in [2.24, 2.45) is 57.2 Å². The summed E-state index contributed by atoms with van der Waals surface area (Å²) in [5.41, 5.74) is -0.797. The number of allylic oxidation sites excluding steroid dienone is 2. The molecule has 0 aromatic rings. The second-order valence-electron chi connectivity index (χ2n) is 14.9. The lowest BCUT2D eigenvalue weighted by atomic mass is 9.43. The van der Waals surface area contributed by atoms with Crippen LogP contribution in [0.2, 0.25) is 0 Å².